The van der Waals surface area contributed by atoms with Crippen molar-refractivity contribution in [3.05, 3.63) is 83.4 Å². The van der Waals surface area contributed by atoms with Gasteiger partial charge >= 0.3 is 0 Å². The minimum absolute atomic E-state index is 0.106. The quantitative estimate of drug-likeness (QED) is 0.538. The number of amides is 4. The van der Waals surface area contributed by atoms with Crippen LogP contribution in [0, 0.1) is 0 Å². The molecule has 0 unspecified atom stereocenters. The van der Waals surface area contributed by atoms with Crippen LogP contribution >= 0.6 is 0 Å². The predicted molar refractivity (Wildman–Crippen MR) is 120 cm³/mol. The van der Waals surface area contributed by atoms with Crippen LogP contribution in [0.25, 0.3) is 10.8 Å². The summed E-state index contributed by atoms with van der Waals surface area (Å²) in [4.78, 5) is 50.9. The highest BCUT2D eigenvalue weighted by Gasteiger charge is 2.32. The van der Waals surface area contributed by atoms with Gasteiger partial charge in [-0.1, -0.05) is 54.6 Å². The fourth-order valence-corrected chi connectivity index (χ4v) is 3.81. The molecule has 1 aliphatic rings. The summed E-state index contributed by atoms with van der Waals surface area (Å²) in [5, 5.41) is 6.85. The maximum Gasteiger partial charge on any atom is 0.261 e. The Morgan fingerprint density at radius 1 is 0.750 bits per heavy atom. The third-order valence-electron chi connectivity index (χ3n) is 5.42. The van der Waals surface area contributed by atoms with Crippen LogP contribution in [-0.2, 0) is 16.1 Å². The molecule has 0 aliphatic carbocycles. The summed E-state index contributed by atoms with van der Waals surface area (Å²) in [6.07, 6.45) is 0.419. The summed E-state index contributed by atoms with van der Waals surface area (Å²) >= 11 is 0. The van der Waals surface area contributed by atoms with E-state index >= 15 is 0 Å². The van der Waals surface area contributed by atoms with E-state index in [1.165, 1.54) is 4.90 Å². The summed E-state index contributed by atoms with van der Waals surface area (Å²) in [6.45, 7) is 0.404. The Morgan fingerprint density at radius 3 is 2.06 bits per heavy atom. The molecule has 3 aromatic rings. The number of imide groups is 1. The van der Waals surface area contributed by atoms with Gasteiger partial charge in [0.1, 0.15) is 0 Å². The first kappa shape index (κ1) is 21.2. The Kier molecular flexibility index (Phi) is 6.26. The van der Waals surface area contributed by atoms with E-state index in [1.807, 2.05) is 42.5 Å². The molecule has 0 saturated carbocycles. The molecule has 7 nitrogen and oxygen atoms in total. The molecular weight excluding hydrogens is 406 g/mol. The Labute approximate surface area is 185 Å². The highest BCUT2D eigenvalue weighted by molar-refractivity contribution is 6.25. The van der Waals surface area contributed by atoms with E-state index in [0.29, 0.717) is 29.5 Å². The van der Waals surface area contributed by atoms with Crippen LogP contribution in [0.4, 0.5) is 0 Å². The van der Waals surface area contributed by atoms with Gasteiger partial charge in [0.05, 0.1) is 6.54 Å². The first-order valence-electron chi connectivity index (χ1n) is 10.5. The van der Waals surface area contributed by atoms with Gasteiger partial charge in [-0.25, -0.2) is 0 Å². The number of rotatable bonds is 8. The molecule has 0 aromatic heterocycles. The highest BCUT2D eigenvalue weighted by Crippen LogP contribution is 2.29. The molecule has 4 rings (SSSR count). The molecule has 0 atom stereocenters. The van der Waals surface area contributed by atoms with Crippen LogP contribution in [0.3, 0.4) is 0 Å². The van der Waals surface area contributed by atoms with Gasteiger partial charge in [-0.05, 0) is 29.5 Å². The normalized spacial score (nSPS) is 12.7. The minimum Gasteiger partial charge on any atom is -0.350 e. The third-order valence-corrected chi connectivity index (χ3v) is 5.42. The summed E-state index contributed by atoms with van der Waals surface area (Å²) in [5.41, 5.74) is 1.97. The van der Waals surface area contributed by atoms with Crippen molar-refractivity contribution in [1.29, 1.82) is 0 Å². The molecule has 7 heteroatoms. The van der Waals surface area contributed by atoms with Crippen molar-refractivity contribution in [2.75, 3.05) is 13.1 Å². The van der Waals surface area contributed by atoms with Gasteiger partial charge in [0, 0.05) is 36.0 Å². The number of nitrogens with zero attached hydrogens (tertiary/aromatic N) is 1. The molecule has 162 valence electrons. The second-order valence-corrected chi connectivity index (χ2v) is 7.61. The van der Waals surface area contributed by atoms with Crippen molar-refractivity contribution >= 4 is 34.4 Å². The van der Waals surface area contributed by atoms with E-state index in [1.54, 1.807) is 24.3 Å². The van der Waals surface area contributed by atoms with E-state index in [-0.39, 0.29) is 43.1 Å². The van der Waals surface area contributed by atoms with Crippen LogP contribution in [0.5, 0.6) is 0 Å². The van der Waals surface area contributed by atoms with Crippen LogP contribution in [-0.4, -0.2) is 41.6 Å². The molecule has 4 amide bonds. The van der Waals surface area contributed by atoms with Gasteiger partial charge < -0.3 is 10.6 Å². The molecule has 0 saturated heterocycles. The van der Waals surface area contributed by atoms with Crippen molar-refractivity contribution in [3.8, 4) is 0 Å². The zero-order valence-electron chi connectivity index (χ0n) is 17.5. The average Bonchev–Trinajstić information content (AvgIpc) is 2.82. The Bertz CT molecular complexity index is 1140. The molecule has 0 bridgehead atoms. The monoisotopic (exact) mass is 429 g/mol. The molecule has 1 heterocycles. The number of hydrogen-bond acceptors (Lipinski definition) is 4. The SMILES string of the molecule is O=C(CCCN1C(=O)c2cccc3cccc(c23)C1=O)NCC(=O)NCc1ccccc1. The van der Waals surface area contributed by atoms with E-state index in [0.717, 1.165) is 10.9 Å². The highest BCUT2D eigenvalue weighted by atomic mass is 16.2. The first-order valence-corrected chi connectivity index (χ1v) is 10.5. The van der Waals surface area contributed by atoms with E-state index < -0.39 is 0 Å². The molecule has 0 radical (unpaired) electrons. The summed E-state index contributed by atoms with van der Waals surface area (Å²) in [7, 11) is 0. The van der Waals surface area contributed by atoms with Gasteiger partial charge in [0.2, 0.25) is 11.8 Å². The summed E-state index contributed by atoms with van der Waals surface area (Å²) in [6, 6.07) is 20.3. The van der Waals surface area contributed by atoms with Gasteiger partial charge in [-0.15, -0.1) is 0 Å². The largest absolute Gasteiger partial charge is 0.350 e. The second kappa shape index (κ2) is 9.43. The Balaban J connectivity index is 1.25. The van der Waals surface area contributed by atoms with Crippen molar-refractivity contribution in [2.45, 2.75) is 19.4 Å². The Morgan fingerprint density at radius 2 is 1.41 bits per heavy atom. The predicted octanol–water partition coefficient (Wildman–Crippen LogP) is 2.65. The maximum atomic E-state index is 12.8. The van der Waals surface area contributed by atoms with E-state index in [4.69, 9.17) is 0 Å². The standard InChI is InChI=1S/C25H23N3O4/c29-21(27-16-22(30)26-15-17-7-2-1-3-8-17)13-6-14-28-24(31)19-11-4-9-18-10-5-12-20(23(18)19)25(28)32/h1-5,7-12H,6,13-16H2,(H,26,30)(H,27,29). The summed E-state index contributed by atoms with van der Waals surface area (Å²) < 4.78 is 0. The zero-order valence-corrected chi connectivity index (χ0v) is 17.5. The second-order valence-electron chi connectivity index (χ2n) is 7.61. The van der Waals surface area contributed by atoms with Gasteiger partial charge in [0.15, 0.2) is 0 Å². The van der Waals surface area contributed by atoms with Crippen molar-refractivity contribution in [3.63, 3.8) is 0 Å². The number of carbonyl (C=O) groups excluding carboxylic acids is 4. The lowest BCUT2D eigenvalue weighted by molar-refractivity contribution is -0.126. The smallest absolute Gasteiger partial charge is 0.261 e. The van der Waals surface area contributed by atoms with Crippen LogP contribution in [0.1, 0.15) is 39.1 Å². The first-order chi connectivity index (χ1) is 15.5. The number of hydrogen-bond donors (Lipinski definition) is 2. The van der Waals surface area contributed by atoms with Gasteiger partial charge in [-0.2, -0.15) is 0 Å². The lowest BCUT2D eigenvalue weighted by atomic mass is 9.94. The fourth-order valence-electron chi connectivity index (χ4n) is 3.81. The molecule has 0 spiro atoms. The molecule has 32 heavy (non-hydrogen) atoms. The molecule has 1 aliphatic heterocycles. The van der Waals surface area contributed by atoms with Crippen molar-refractivity contribution in [2.24, 2.45) is 0 Å². The summed E-state index contributed by atoms with van der Waals surface area (Å²) in [5.74, 6) is -1.28. The van der Waals surface area contributed by atoms with Gasteiger partial charge in [0.25, 0.3) is 11.8 Å². The third kappa shape index (κ3) is 4.51. The van der Waals surface area contributed by atoms with E-state index in [2.05, 4.69) is 10.6 Å². The molecule has 2 N–H and O–H groups in total. The minimum atomic E-state index is -0.347. The number of carbonyl (C=O) groups is 4. The van der Waals surface area contributed by atoms with Crippen molar-refractivity contribution < 1.29 is 19.2 Å². The van der Waals surface area contributed by atoms with Gasteiger partial charge in [-0.3, -0.25) is 24.1 Å². The Hall–Kier alpha value is -4.00. The van der Waals surface area contributed by atoms with Crippen LogP contribution in [0.15, 0.2) is 66.7 Å². The molecular formula is C25H23N3O4. The zero-order chi connectivity index (χ0) is 22.5. The number of nitrogens with one attached hydrogen (secondary N) is 2. The van der Waals surface area contributed by atoms with Crippen molar-refractivity contribution in [1.82, 2.24) is 15.5 Å². The lowest BCUT2D eigenvalue weighted by Crippen LogP contribution is -2.41. The maximum absolute atomic E-state index is 12.8. The number of benzene rings is 3. The average molecular weight is 429 g/mol. The van der Waals surface area contributed by atoms with E-state index in [9.17, 15) is 19.2 Å². The van der Waals surface area contributed by atoms with Crippen LogP contribution in [0.2, 0.25) is 0 Å². The van der Waals surface area contributed by atoms with Crippen LogP contribution < -0.4 is 10.6 Å². The molecule has 3 aromatic carbocycles. The fraction of sp³-hybridized carbons (Fsp3) is 0.200. The molecule has 0 fully saturated rings. The lowest BCUT2D eigenvalue weighted by Gasteiger charge is -2.27. The topological polar surface area (TPSA) is 95.6 Å².